The number of rotatable bonds is 0. The largest absolute Gasteiger partial charge is 0.289 e. The van der Waals surface area contributed by atoms with E-state index in [1.807, 2.05) is 48.5 Å². The van der Waals surface area contributed by atoms with Crippen LogP contribution in [0.3, 0.4) is 0 Å². The van der Waals surface area contributed by atoms with Crippen LogP contribution in [0.4, 0.5) is 0 Å². The average Bonchev–Trinajstić information content (AvgIpc) is 2.73. The summed E-state index contributed by atoms with van der Waals surface area (Å²) in [6.45, 7) is 0. The number of nitrogens with zero attached hydrogens (tertiary/aromatic N) is 1. The maximum Gasteiger partial charge on any atom is 0.194 e. The molecule has 1 aliphatic rings. The van der Waals surface area contributed by atoms with Crippen LogP contribution in [0.2, 0.25) is 0 Å². The second-order valence-electron chi connectivity index (χ2n) is 4.27. The van der Waals surface area contributed by atoms with Crippen LogP contribution >= 0.6 is 0 Å². The highest BCUT2D eigenvalue weighted by molar-refractivity contribution is 6.21. The second-order valence-corrected chi connectivity index (χ2v) is 4.27. The van der Waals surface area contributed by atoms with Gasteiger partial charge in [-0.2, -0.15) is 5.26 Å². The Labute approximate surface area is 111 Å². The number of hydrogen-bond donors (Lipinski definition) is 0. The third kappa shape index (κ3) is 1.80. The van der Waals surface area contributed by atoms with Crippen molar-refractivity contribution in [1.82, 2.24) is 0 Å². The van der Waals surface area contributed by atoms with Crippen LogP contribution in [-0.2, 0) is 0 Å². The summed E-state index contributed by atoms with van der Waals surface area (Å²) in [7, 11) is 0. The Morgan fingerprint density at radius 3 is 2.47 bits per heavy atom. The zero-order chi connectivity index (χ0) is 13.2. The van der Waals surface area contributed by atoms with Gasteiger partial charge >= 0.3 is 0 Å². The van der Waals surface area contributed by atoms with Gasteiger partial charge in [-0.05, 0) is 23.3 Å². The van der Waals surface area contributed by atoms with Gasteiger partial charge in [0, 0.05) is 16.7 Å². The minimum absolute atomic E-state index is 0.0505. The van der Waals surface area contributed by atoms with E-state index >= 15 is 0 Å². The van der Waals surface area contributed by atoms with E-state index in [0.717, 1.165) is 22.3 Å². The summed E-state index contributed by atoms with van der Waals surface area (Å²) in [5.41, 5.74) is 4.17. The van der Waals surface area contributed by atoms with Crippen LogP contribution < -0.4 is 0 Å². The molecule has 0 spiro atoms. The topological polar surface area (TPSA) is 40.9 Å². The first-order chi connectivity index (χ1) is 9.31. The van der Waals surface area contributed by atoms with E-state index < -0.39 is 0 Å². The highest BCUT2D eigenvalue weighted by Gasteiger charge is 2.25. The third-order valence-electron chi connectivity index (χ3n) is 3.13. The summed E-state index contributed by atoms with van der Waals surface area (Å²) in [4.78, 5) is 12.3. The summed E-state index contributed by atoms with van der Waals surface area (Å²) >= 11 is 0. The van der Waals surface area contributed by atoms with Crippen molar-refractivity contribution >= 4 is 5.78 Å². The molecule has 0 fully saturated rings. The van der Waals surface area contributed by atoms with Crippen molar-refractivity contribution in [3.05, 3.63) is 59.2 Å². The molecule has 2 aromatic rings. The first kappa shape index (κ1) is 11.3. The second kappa shape index (κ2) is 4.44. The molecular formula is C17H9NO. The maximum absolute atomic E-state index is 12.3. The number of ketones is 1. The Kier molecular flexibility index (Phi) is 2.63. The van der Waals surface area contributed by atoms with Gasteiger partial charge in [-0.3, -0.25) is 4.79 Å². The number of hydrogen-bond acceptors (Lipinski definition) is 2. The summed E-state index contributed by atoms with van der Waals surface area (Å²) in [5.74, 6) is 5.70. The smallest absolute Gasteiger partial charge is 0.194 e. The SMILES string of the molecule is N#CCC#Cc1ccc2c(c1)C(=O)c1ccccc1-2. The predicted molar refractivity (Wildman–Crippen MR) is 72.4 cm³/mol. The van der Waals surface area contributed by atoms with Crippen molar-refractivity contribution in [3.8, 4) is 29.0 Å². The zero-order valence-electron chi connectivity index (χ0n) is 10.1. The van der Waals surface area contributed by atoms with Crippen LogP contribution in [0.5, 0.6) is 0 Å². The predicted octanol–water partition coefficient (Wildman–Crippen LogP) is 3.16. The third-order valence-corrected chi connectivity index (χ3v) is 3.13. The van der Waals surface area contributed by atoms with E-state index in [0.29, 0.717) is 5.56 Å². The van der Waals surface area contributed by atoms with Crippen molar-refractivity contribution in [3.63, 3.8) is 0 Å². The molecule has 0 N–H and O–H groups in total. The van der Waals surface area contributed by atoms with Crippen LogP contribution in [0.25, 0.3) is 11.1 Å². The summed E-state index contributed by atoms with van der Waals surface area (Å²) in [6, 6.07) is 15.2. The Hall–Kier alpha value is -2.84. The van der Waals surface area contributed by atoms with Gasteiger partial charge in [0.05, 0.1) is 12.5 Å². The van der Waals surface area contributed by atoms with Gasteiger partial charge in [0.1, 0.15) is 0 Å². The lowest BCUT2D eigenvalue weighted by Crippen LogP contribution is -1.95. The molecule has 0 amide bonds. The van der Waals surface area contributed by atoms with Crippen molar-refractivity contribution < 1.29 is 4.79 Å². The molecule has 88 valence electrons. The number of carbonyl (C=O) groups is 1. The standard InChI is InChI=1S/C17H9NO/c18-10-4-3-5-12-8-9-14-13-6-1-2-7-15(13)17(19)16(14)11-12/h1-2,6-9,11H,4H2. The van der Waals surface area contributed by atoms with Crippen molar-refractivity contribution in [2.75, 3.05) is 0 Å². The van der Waals surface area contributed by atoms with Gasteiger partial charge in [-0.15, -0.1) is 0 Å². The van der Waals surface area contributed by atoms with Gasteiger partial charge in [-0.25, -0.2) is 0 Å². The number of carbonyl (C=O) groups excluding carboxylic acids is 1. The molecule has 0 heterocycles. The molecule has 0 saturated heterocycles. The van der Waals surface area contributed by atoms with E-state index in [-0.39, 0.29) is 12.2 Å². The summed E-state index contributed by atoms with van der Waals surface area (Å²) < 4.78 is 0. The van der Waals surface area contributed by atoms with Crippen LogP contribution in [0.1, 0.15) is 27.9 Å². The van der Waals surface area contributed by atoms with Crippen molar-refractivity contribution in [2.45, 2.75) is 6.42 Å². The Morgan fingerprint density at radius 2 is 1.68 bits per heavy atom. The first-order valence-corrected chi connectivity index (χ1v) is 5.95. The van der Waals surface area contributed by atoms with E-state index in [4.69, 9.17) is 5.26 Å². The number of fused-ring (bicyclic) bond motifs is 3. The Bertz CT molecular complexity index is 785. The lowest BCUT2D eigenvalue weighted by molar-refractivity contribution is 0.104. The summed E-state index contributed by atoms with van der Waals surface area (Å²) in [6.07, 6.45) is 0.200. The Balaban J connectivity index is 2.09. The maximum atomic E-state index is 12.3. The molecular weight excluding hydrogens is 234 g/mol. The van der Waals surface area contributed by atoms with Crippen LogP contribution in [0.15, 0.2) is 42.5 Å². The molecule has 0 saturated carbocycles. The molecule has 0 aliphatic heterocycles. The van der Waals surface area contributed by atoms with E-state index in [2.05, 4.69) is 11.8 Å². The number of nitriles is 1. The fourth-order valence-electron chi connectivity index (χ4n) is 2.29. The molecule has 19 heavy (non-hydrogen) atoms. The van der Waals surface area contributed by atoms with Gasteiger partial charge < -0.3 is 0 Å². The molecule has 0 aromatic heterocycles. The van der Waals surface area contributed by atoms with Crippen LogP contribution in [0, 0.1) is 23.2 Å². The first-order valence-electron chi connectivity index (χ1n) is 5.95. The molecule has 2 heteroatoms. The van der Waals surface area contributed by atoms with Gasteiger partial charge in [0.15, 0.2) is 5.78 Å². The molecule has 3 rings (SSSR count). The lowest BCUT2D eigenvalue weighted by Gasteiger charge is -1.99. The quantitative estimate of drug-likeness (QED) is 0.569. The van der Waals surface area contributed by atoms with E-state index in [9.17, 15) is 4.79 Å². The normalized spacial score (nSPS) is 11.0. The average molecular weight is 243 g/mol. The van der Waals surface area contributed by atoms with Gasteiger partial charge in [0.25, 0.3) is 0 Å². The van der Waals surface area contributed by atoms with Crippen molar-refractivity contribution in [1.29, 1.82) is 5.26 Å². The minimum atomic E-state index is 0.0505. The van der Waals surface area contributed by atoms with Gasteiger partial charge in [0.2, 0.25) is 0 Å². The molecule has 0 unspecified atom stereocenters. The van der Waals surface area contributed by atoms with Gasteiger partial charge in [-0.1, -0.05) is 42.2 Å². The highest BCUT2D eigenvalue weighted by Crippen LogP contribution is 2.36. The van der Waals surface area contributed by atoms with Crippen LogP contribution in [-0.4, -0.2) is 5.78 Å². The fourth-order valence-corrected chi connectivity index (χ4v) is 2.29. The molecule has 0 bridgehead atoms. The Morgan fingerprint density at radius 1 is 0.947 bits per heavy atom. The highest BCUT2D eigenvalue weighted by atomic mass is 16.1. The molecule has 0 atom stereocenters. The zero-order valence-corrected chi connectivity index (χ0v) is 10.1. The number of benzene rings is 2. The van der Waals surface area contributed by atoms with E-state index in [1.54, 1.807) is 0 Å². The molecule has 1 aliphatic carbocycles. The molecule has 0 radical (unpaired) electrons. The fraction of sp³-hybridized carbons (Fsp3) is 0.0588. The molecule has 2 nitrogen and oxygen atoms in total. The lowest BCUT2D eigenvalue weighted by atomic mass is 10.0. The summed E-state index contributed by atoms with van der Waals surface area (Å²) in [5, 5.41) is 8.45. The van der Waals surface area contributed by atoms with E-state index in [1.165, 1.54) is 0 Å². The minimum Gasteiger partial charge on any atom is -0.289 e. The monoisotopic (exact) mass is 243 g/mol. The van der Waals surface area contributed by atoms with Crippen molar-refractivity contribution in [2.24, 2.45) is 0 Å². The molecule has 2 aromatic carbocycles.